The van der Waals surface area contributed by atoms with Crippen molar-refractivity contribution in [1.29, 1.82) is 0 Å². The van der Waals surface area contributed by atoms with Crippen LogP contribution in [0.1, 0.15) is 26.3 Å². The highest BCUT2D eigenvalue weighted by Crippen LogP contribution is 2.08. The number of carbonyl (C=O) groups is 2. The van der Waals surface area contributed by atoms with Gasteiger partial charge in [-0.15, -0.1) is 0 Å². The van der Waals surface area contributed by atoms with E-state index < -0.39 is 17.7 Å². The topological polar surface area (TPSA) is 80.3 Å². The Labute approximate surface area is 118 Å². The van der Waals surface area contributed by atoms with Gasteiger partial charge in [0, 0.05) is 25.9 Å². The van der Waals surface area contributed by atoms with E-state index in [1.165, 1.54) is 7.05 Å². The lowest BCUT2D eigenvalue weighted by Crippen LogP contribution is -2.48. The number of hydrogen-bond donors (Lipinski definition) is 2. The molecule has 0 fully saturated rings. The Bertz CT molecular complexity index is 454. The largest absolute Gasteiger partial charge is 0.444 e. The second kappa shape index (κ2) is 6.88. The summed E-state index contributed by atoms with van der Waals surface area (Å²) in [5.74, 6) is -0.278. The summed E-state index contributed by atoms with van der Waals surface area (Å²) in [5, 5.41) is 5.10. The van der Waals surface area contributed by atoms with E-state index >= 15 is 0 Å². The molecule has 1 rings (SSSR count). The molecular weight excluding hydrogens is 258 g/mol. The highest BCUT2D eigenvalue weighted by molar-refractivity contribution is 5.85. The van der Waals surface area contributed by atoms with Crippen LogP contribution in [0.15, 0.2) is 24.5 Å². The summed E-state index contributed by atoms with van der Waals surface area (Å²) in [5.41, 5.74) is 0.253. The zero-order chi connectivity index (χ0) is 15.2. The van der Waals surface area contributed by atoms with Crippen LogP contribution in [0.4, 0.5) is 4.79 Å². The molecule has 0 saturated heterocycles. The van der Waals surface area contributed by atoms with Crippen molar-refractivity contribution in [1.82, 2.24) is 15.6 Å². The molecular formula is C14H21N3O3. The van der Waals surface area contributed by atoms with Crippen molar-refractivity contribution >= 4 is 12.0 Å². The number of nitrogens with zero attached hydrogens (tertiary/aromatic N) is 1. The van der Waals surface area contributed by atoms with E-state index in [0.717, 1.165) is 5.56 Å². The van der Waals surface area contributed by atoms with Gasteiger partial charge in [0.15, 0.2) is 0 Å². The van der Waals surface area contributed by atoms with Crippen LogP contribution in [0.3, 0.4) is 0 Å². The van der Waals surface area contributed by atoms with E-state index in [1.807, 2.05) is 6.07 Å². The average molecular weight is 279 g/mol. The van der Waals surface area contributed by atoms with Gasteiger partial charge in [0.25, 0.3) is 0 Å². The average Bonchev–Trinajstić information content (AvgIpc) is 2.36. The molecule has 0 aliphatic rings. The molecule has 6 nitrogen and oxygen atoms in total. The number of amides is 2. The predicted octanol–water partition coefficient (Wildman–Crippen LogP) is 1.26. The molecule has 1 aromatic heterocycles. The second-order valence-electron chi connectivity index (χ2n) is 5.38. The molecule has 2 amide bonds. The fraction of sp³-hybridized carbons (Fsp3) is 0.500. The van der Waals surface area contributed by atoms with Gasteiger partial charge >= 0.3 is 6.09 Å². The van der Waals surface area contributed by atoms with Crippen molar-refractivity contribution in [2.24, 2.45) is 0 Å². The lowest BCUT2D eigenvalue weighted by Gasteiger charge is -2.23. The number of rotatable bonds is 4. The Morgan fingerprint density at radius 2 is 2.10 bits per heavy atom. The van der Waals surface area contributed by atoms with Gasteiger partial charge in [0.1, 0.15) is 11.6 Å². The molecule has 0 saturated carbocycles. The number of ether oxygens (including phenoxy) is 1. The van der Waals surface area contributed by atoms with Gasteiger partial charge in [-0.1, -0.05) is 6.07 Å². The third-order valence-corrected chi connectivity index (χ3v) is 2.42. The summed E-state index contributed by atoms with van der Waals surface area (Å²) in [4.78, 5) is 27.6. The van der Waals surface area contributed by atoms with Crippen LogP contribution in [-0.2, 0) is 16.0 Å². The van der Waals surface area contributed by atoms with Crippen LogP contribution in [0.2, 0.25) is 0 Å². The molecule has 2 N–H and O–H groups in total. The third kappa shape index (κ3) is 5.69. The lowest BCUT2D eigenvalue weighted by atomic mass is 10.1. The van der Waals surface area contributed by atoms with Gasteiger partial charge in [-0.3, -0.25) is 9.78 Å². The summed E-state index contributed by atoms with van der Waals surface area (Å²) in [6.45, 7) is 5.30. The second-order valence-corrected chi connectivity index (χ2v) is 5.38. The van der Waals surface area contributed by atoms with Crippen LogP contribution in [0, 0.1) is 0 Å². The van der Waals surface area contributed by atoms with E-state index in [9.17, 15) is 9.59 Å². The Kier molecular flexibility index (Phi) is 5.49. The van der Waals surface area contributed by atoms with E-state index in [2.05, 4.69) is 15.6 Å². The molecule has 110 valence electrons. The van der Waals surface area contributed by atoms with Gasteiger partial charge in [0.05, 0.1) is 0 Å². The molecule has 20 heavy (non-hydrogen) atoms. The SMILES string of the molecule is CNC(=O)[C@H](Cc1cccnc1)NC(=O)OC(C)(C)C. The van der Waals surface area contributed by atoms with Crippen LogP contribution in [-0.4, -0.2) is 35.7 Å². The monoisotopic (exact) mass is 279 g/mol. The van der Waals surface area contributed by atoms with Crippen molar-refractivity contribution in [2.75, 3.05) is 7.05 Å². The first-order valence-electron chi connectivity index (χ1n) is 6.42. The number of alkyl carbamates (subject to hydrolysis) is 1. The number of nitrogens with one attached hydrogen (secondary N) is 2. The van der Waals surface area contributed by atoms with Crippen LogP contribution < -0.4 is 10.6 Å². The van der Waals surface area contributed by atoms with Crippen LogP contribution >= 0.6 is 0 Å². The molecule has 0 unspecified atom stereocenters. The third-order valence-electron chi connectivity index (χ3n) is 2.42. The van der Waals surface area contributed by atoms with E-state index in [-0.39, 0.29) is 5.91 Å². The Balaban J connectivity index is 2.70. The molecule has 0 aromatic carbocycles. The Morgan fingerprint density at radius 3 is 2.60 bits per heavy atom. The van der Waals surface area contributed by atoms with Crippen LogP contribution in [0.5, 0.6) is 0 Å². The van der Waals surface area contributed by atoms with E-state index in [1.54, 1.807) is 39.2 Å². The molecule has 0 aliphatic heterocycles. The lowest BCUT2D eigenvalue weighted by molar-refractivity contribution is -0.122. The maximum absolute atomic E-state index is 11.8. The first-order valence-corrected chi connectivity index (χ1v) is 6.42. The normalized spacial score (nSPS) is 12.4. The molecule has 0 aliphatic carbocycles. The summed E-state index contributed by atoms with van der Waals surface area (Å²) < 4.78 is 5.15. The fourth-order valence-corrected chi connectivity index (χ4v) is 1.59. The Morgan fingerprint density at radius 1 is 1.40 bits per heavy atom. The van der Waals surface area contributed by atoms with Crippen molar-refractivity contribution in [3.63, 3.8) is 0 Å². The molecule has 6 heteroatoms. The molecule has 1 atom stereocenters. The smallest absolute Gasteiger partial charge is 0.408 e. The number of likely N-dealkylation sites (N-methyl/N-ethyl adjacent to an activating group) is 1. The minimum absolute atomic E-state index is 0.278. The van der Waals surface area contributed by atoms with Gasteiger partial charge in [-0.2, -0.15) is 0 Å². The number of hydrogen-bond acceptors (Lipinski definition) is 4. The van der Waals surface area contributed by atoms with Crippen molar-refractivity contribution in [3.05, 3.63) is 30.1 Å². The van der Waals surface area contributed by atoms with E-state index in [4.69, 9.17) is 4.74 Å². The quantitative estimate of drug-likeness (QED) is 0.869. The highest BCUT2D eigenvalue weighted by Gasteiger charge is 2.23. The summed E-state index contributed by atoms with van der Waals surface area (Å²) in [6, 6.07) is 2.93. The fourth-order valence-electron chi connectivity index (χ4n) is 1.59. The van der Waals surface area contributed by atoms with Crippen molar-refractivity contribution in [3.8, 4) is 0 Å². The minimum Gasteiger partial charge on any atom is -0.444 e. The van der Waals surface area contributed by atoms with Gasteiger partial charge in [-0.05, 0) is 32.4 Å². The summed E-state index contributed by atoms with van der Waals surface area (Å²) in [6.07, 6.45) is 3.05. The summed E-state index contributed by atoms with van der Waals surface area (Å²) in [7, 11) is 1.52. The molecule has 0 radical (unpaired) electrons. The summed E-state index contributed by atoms with van der Waals surface area (Å²) >= 11 is 0. The zero-order valence-corrected chi connectivity index (χ0v) is 12.3. The first-order chi connectivity index (χ1) is 9.31. The maximum Gasteiger partial charge on any atom is 0.408 e. The maximum atomic E-state index is 11.8. The standard InChI is InChI=1S/C14H21N3O3/c1-14(2,3)20-13(19)17-11(12(18)15-4)8-10-6-5-7-16-9-10/h5-7,9,11H,8H2,1-4H3,(H,15,18)(H,17,19)/t11-/m0/s1. The number of pyridine rings is 1. The minimum atomic E-state index is -0.695. The number of aromatic nitrogens is 1. The molecule has 0 bridgehead atoms. The molecule has 0 spiro atoms. The molecule has 1 heterocycles. The first kappa shape index (κ1) is 15.9. The van der Waals surface area contributed by atoms with Gasteiger partial charge in [-0.25, -0.2) is 4.79 Å². The van der Waals surface area contributed by atoms with Crippen molar-refractivity contribution < 1.29 is 14.3 Å². The Hall–Kier alpha value is -2.11. The van der Waals surface area contributed by atoms with Crippen LogP contribution in [0.25, 0.3) is 0 Å². The molecule has 1 aromatic rings. The highest BCUT2D eigenvalue weighted by atomic mass is 16.6. The predicted molar refractivity (Wildman–Crippen MR) is 75.2 cm³/mol. The van der Waals surface area contributed by atoms with Gasteiger partial charge in [0.2, 0.25) is 5.91 Å². The van der Waals surface area contributed by atoms with Crippen molar-refractivity contribution in [2.45, 2.75) is 38.8 Å². The van der Waals surface area contributed by atoms with E-state index in [0.29, 0.717) is 6.42 Å². The zero-order valence-electron chi connectivity index (χ0n) is 12.3. The van der Waals surface area contributed by atoms with Gasteiger partial charge < -0.3 is 15.4 Å². The number of carbonyl (C=O) groups excluding carboxylic acids is 2.